The average Bonchev–Trinajstić information content (AvgIpc) is 1.62. The Balaban J connectivity index is 0.000000177. The zero-order chi connectivity index (χ0) is 109. The van der Waals surface area contributed by atoms with E-state index in [1.54, 1.807) is 56.3 Å². The normalized spacial score (nSPS) is 18.8. The number of thioether (sulfide) groups is 1. The lowest BCUT2D eigenvalue weighted by Gasteiger charge is -2.35. The summed E-state index contributed by atoms with van der Waals surface area (Å²) in [4.78, 5) is 188. The Bertz CT molecular complexity index is 6310. The van der Waals surface area contributed by atoms with Crippen molar-refractivity contribution < 1.29 is 78.0 Å². The van der Waals surface area contributed by atoms with Crippen molar-refractivity contribution in [1.29, 1.82) is 0 Å². The number of nitrogens with zero attached hydrogens (tertiary/aromatic N) is 9. The fraction of sp³-hybridized carbons (Fsp3) is 0.483. The van der Waals surface area contributed by atoms with Crippen LogP contribution in [0.5, 0.6) is 0 Å². The van der Waals surface area contributed by atoms with E-state index in [-0.39, 0.29) is 166 Å². The highest BCUT2D eigenvalue weighted by atomic mass is 79.9. The predicted octanol–water partition coefficient (Wildman–Crippen LogP) is 17.4. The molecule has 5 aliphatic rings. The summed E-state index contributed by atoms with van der Waals surface area (Å²) >= 11 is 11.3. The Kier molecular flexibility index (Phi) is 42.3. The number of hydrogen-bond acceptors (Lipinski definition) is 25. The van der Waals surface area contributed by atoms with Crippen molar-refractivity contribution in [3.63, 3.8) is 0 Å². The number of ketones is 4. The Hall–Kier alpha value is -11.1. The Labute approximate surface area is 910 Å². The van der Waals surface area contributed by atoms with Crippen molar-refractivity contribution in [1.82, 2.24) is 60.4 Å². The number of aliphatic hydroxyl groups is 4. The summed E-state index contributed by atoms with van der Waals surface area (Å²) < 4.78 is 0.880. The number of β-amino-alcohol motifs (C(OH)–C–C–N with tert-alkyl or cyclic N) is 4. The second-order valence-electron chi connectivity index (χ2n) is 43.2. The van der Waals surface area contributed by atoms with Crippen molar-refractivity contribution >= 4 is 143 Å². The lowest BCUT2D eigenvalue weighted by atomic mass is 9.85. The van der Waals surface area contributed by atoms with Gasteiger partial charge >= 0.3 is 0 Å². The van der Waals surface area contributed by atoms with Crippen LogP contribution in [-0.4, -0.2) is 246 Å². The predicted molar refractivity (Wildman–Crippen MR) is 596 cm³/mol. The van der Waals surface area contributed by atoms with Gasteiger partial charge in [-0.1, -0.05) is 226 Å². The first kappa shape index (κ1) is 118. The molecular formula is C116H145BrN12O16S5. The smallest absolute Gasteiger partial charge is 0.255 e. The van der Waals surface area contributed by atoms with Gasteiger partial charge in [-0.2, -0.15) is 11.8 Å². The Morgan fingerprint density at radius 1 is 0.420 bits per heavy atom. The fourth-order valence-corrected chi connectivity index (χ4v) is 23.9. The number of likely N-dealkylation sites (tertiary alicyclic amines) is 4. The molecule has 10 aromatic rings. The lowest BCUT2D eigenvalue weighted by Crippen LogP contribution is -2.57. The SMILES string of the molecule is CSC[C@H](NC(=O)CCC(C)C)C(=O)N1C[C@H](O)C[C@H]1C(=O)CCc1ccc(-c2scnc2C)cc1.Cc1ncsc1-c1ccc(CCC(=O)[C@@H]2C[C@@H](O)CN2C(=O)[C@@H](NC(=O)CC(C)C)C(C)(C)C)cc1.Cc1ncsc1-c1ccc(CCC(=O)[C@@H]2C[C@@H](O)CN2C(=O)[C@@H](NC(=O)Cc2ccccc2)C(C)(C)C)cc1.Cc1ncsc1-c1ccc(CCC(=O)[C@@H]2C[C@@H](O)CN2C(=O)[C@H](C(C)C)N2Cc3cc(Br)ccc3C2=O)cc1. The second kappa shape index (κ2) is 54.0. The molecule has 7 N–H and O–H groups in total. The Morgan fingerprint density at radius 2 is 0.760 bits per heavy atom. The van der Waals surface area contributed by atoms with Gasteiger partial charge in [0.05, 0.1) is 119 Å². The average molecular weight is 2200 g/mol. The lowest BCUT2D eigenvalue weighted by molar-refractivity contribution is -0.143. The molecule has 0 radical (unpaired) electrons. The zero-order valence-corrected chi connectivity index (χ0v) is 94.7. The number of carbonyl (C=O) groups excluding carboxylic acids is 12. The van der Waals surface area contributed by atoms with Crippen molar-refractivity contribution in [2.75, 3.05) is 38.2 Å². The van der Waals surface area contributed by atoms with E-state index >= 15 is 0 Å². The minimum absolute atomic E-state index is 0.0590. The van der Waals surface area contributed by atoms with Crippen LogP contribution < -0.4 is 16.0 Å². The maximum atomic E-state index is 13.9. The molecule has 0 spiro atoms. The summed E-state index contributed by atoms with van der Waals surface area (Å²) in [6, 6.07) is 41.7. The molecule has 4 saturated heterocycles. The third-order valence-electron chi connectivity index (χ3n) is 27.9. The van der Waals surface area contributed by atoms with Gasteiger partial charge in [0.15, 0.2) is 23.1 Å². The number of hydrogen-bond donors (Lipinski definition) is 7. The van der Waals surface area contributed by atoms with Crippen molar-refractivity contribution in [3.05, 3.63) is 234 Å². The van der Waals surface area contributed by atoms with Crippen LogP contribution in [0.4, 0.5) is 0 Å². The molecule has 4 aromatic heterocycles. The van der Waals surface area contributed by atoms with E-state index in [2.05, 4.69) is 65.7 Å². The third kappa shape index (κ3) is 31.8. The highest BCUT2D eigenvalue weighted by molar-refractivity contribution is 9.10. The van der Waals surface area contributed by atoms with Crippen molar-refractivity contribution in [3.8, 4) is 41.8 Å². The fourth-order valence-electron chi connectivity index (χ4n) is 19.7. The van der Waals surface area contributed by atoms with Crippen LogP contribution in [0.3, 0.4) is 0 Å². The monoisotopic (exact) mass is 2200 g/mol. The maximum absolute atomic E-state index is 13.9. The quantitative estimate of drug-likeness (QED) is 0.0189. The second-order valence-corrected chi connectivity index (χ2v) is 48.5. The van der Waals surface area contributed by atoms with Gasteiger partial charge in [0.1, 0.15) is 24.2 Å². The van der Waals surface area contributed by atoms with Gasteiger partial charge in [-0.15, -0.1) is 45.3 Å². The topological polar surface area (TPSA) is 390 Å². The van der Waals surface area contributed by atoms with E-state index in [4.69, 9.17) is 0 Å². The summed E-state index contributed by atoms with van der Waals surface area (Å²) in [5.74, 6) is -1.41. The van der Waals surface area contributed by atoms with Crippen LogP contribution in [-0.2, 0) is 91.4 Å². The largest absolute Gasteiger partial charge is 0.391 e. The molecule has 8 amide bonds. The van der Waals surface area contributed by atoms with E-state index in [9.17, 15) is 78.0 Å². The minimum atomic E-state index is -0.822. The van der Waals surface area contributed by atoms with E-state index in [0.29, 0.717) is 62.3 Å². The number of thiazole rings is 4. The molecule has 5 aliphatic heterocycles. The number of halogens is 1. The van der Waals surface area contributed by atoms with Crippen LogP contribution in [0.25, 0.3) is 41.8 Å². The first-order valence-corrected chi connectivity index (χ1v) is 57.5. The molecule has 4 fully saturated rings. The van der Waals surface area contributed by atoms with E-state index < -0.39 is 83.6 Å². The van der Waals surface area contributed by atoms with Gasteiger partial charge in [0, 0.05) is 113 Å². The standard InChI is InChI=1S/C31H37N3O4S.C30H32BrN3O4S.C28H39N3O4S.C27H37N3O4S2/c1-20-28(39-19-32-20)23-13-10-21(11-14-23)12-15-26(36)25-17-24(35)18-34(25)30(38)29(31(2,3)4)33-27(37)16-22-8-6-5-7-9-22;1-17(2)27(34-14-21-12-22(31)9-10-24(21)29(34)37)30(38)33-15-23(35)13-25(33)26(36)11-6-19-4-7-20(8-5-19)28-18(3)32-16-39-28;1-17(2)13-24(34)30-26(28(4,5)6)27(35)31-15-21(32)14-22(31)23(33)12-9-19-7-10-20(11-8-19)25-18(3)29-16-36-25;1-17(2)5-12-25(33)29-22(15-35-4)27(34)30-14-21(31)13-23(30)24(32)11-8-19-6-9-20(10-7-19)26-18(3)28-16-36-26/h5-11,13-14,19,24-25,29,35H,12,15-18H2,1-4H3,(H,33,37);4-5,7-10,12,16-17,23,25,27,35H,6,11,13-15H2,1-3H3;7-8,10-11,16-17,21-22,26,32H,9,12-15H2,1-6H3,(H,30,34);6-7,9-10,16-17,21-23,31H,5,8,11-15H2,1-4H3,(H,29,33)/t24-,25+,29-;23-,25+,27+;21-,22+,26-;21-,22+,23+/m1111/s1. The summed E-state index contributed by atoms with van der Waals surface area (Å²) in [7, 11) is 0. The van der Waals surface area contributed by atoms with Crippen LogP contribution in [0.1, 0.15) is 220 Å². The number of aryl methyl sites for hydroxylation is 8. The molecule has 150 heavy (non-hydrogen) atoms. The molecule has 0 bridgehead atoms. The molecule has 6 aromatic carbocycles. The molecule has 28 nitrogen and oxygen atoms in total. The van der Waals surface area contributed by atoms with Crippen LogP contribution in [0, 0.1) is 56.3 Å². The number of benzene rings is 6. The molecule has 0 saturated carbocycles. The number of fused-ring (bicyclic) bond motifs is 1. The van der Waals surface area contributed by atoms with Crippen LogP contribution in [0.15, 0.2) is 172 Å². The first-order valence-electron chi connectivity index (χ1n) is 51.7. The molecule has 15 rings (SSSR count). The molecule has 34 heteroatoms. The third-order valence-corrected chi connectivity index (χ3v) is 33.0. The van der Waals surface area contributed by atoms with Gasteiger partial charge in [-0.3, -0.25) is 57.5 Å². The summed E-state index contributed by atoms with van der Waals surface area (Å²) in [5.41, 5.74) is 21.1. The number of amides is 8. The molecule has 12 atom stereocenters. The minimum Gasteiger partial charge on any atom is -0.391 e. The Morgan fingerprint density at radius 3 is 1.07 bits per heavy atom. The molecular weight excluding hydrogens is 2060 g/mol. The molecule has 0 aliphatic carbocycles. The highest BCUT2D eigenvalue weighted by Gasteiger charge is 2.50. The van der Waals surface area contributed by atoms with E-state index in [1.807, 2.05) is 265 Å². The van der Waals surface area contributed by atoms with Gasteiger partial charge in [0.25, 0.3) is 5.91 Å². The van der Waals surface area contributed by atoms with Crippen LogP contribution >= 0.6 is 73.0 Å². The van der Waals surface area contributed by atoms with Gasteiger partial charge in [-0.25, -0.2) is 19.9 Å². The van der Waals surface area contributed by atoms with Gasteiger partial charge < -0.3 is 60.9 Å². The van der Waals surface area contributed by atoms with Gasteiger partial charge in [-0.05, 0) is 168 Å². The molecule has 9 heterocycles. The summed E-state index contributed by atoms with van der Waals surface area (Å²) in [5, 5.41) is 50.2. The number of aromatic nitrogens is 4. The number of rotatable bonds is 38. The van der Waals surface area contributed by atoms with Gasteiger partial charge in [0.2, 0.25) is 41.4 Å². The maximum Gasteiger partial charge on any atom is 0.255 e. The first-order chi connectivity index (χ1) is 71.2. The highest BCUT2D eigenvalue weighted by Crippen LogP contribution is 2.39. The molecule has 802 valence electrons. The number of nitrogens with one attached hydrogen (secondary N) is 3. The van der Waals surface area contributed by atoms with Crippen LogP contribution in [0.2, 0.25) is 0 Å². The number of carbonyl (C=O) groups is 12. The number of aliphatic hydroxyl groups excluding tert-OH is 4. The summed E-state index contributed by atoms with van der Waals surface area (Å²) in [6.07, 6.45) is 4.67. The number of Topliss-reactive ketones (excluding diaryl/α,β-unsaturated/α-hetero) is 4. The summed E-state index contributed by atoms with van der Waals surface area (Å²) in [6.45, 7) is 31.9. The van der Waals surface area contributed by atoms with Crippen molar-refractivity contribution in [2.45, 2.75) is 293 Å². The van der Waals surface area contributed by atoms with Crippen molar-refractivity contribution in [2.24, 2.45) is 28.6 Å². The van der Waals surface area contributed by atoms with E-state index in [0.717, 1.165) is 109 Å². The zero-order valence-electron chi connectivity index (χ0n) is 89.0. The molecule has 0 unspecified atom stereocenters. The van der Waals surface area contributed by atoms with E-state index in [1.165, 1.54) is 31.4 Å².